The third-order valence-electron chi connectivity index (χ3n) is 7.28. The molecular formula is C35H54N2Ni. The molecule has 0 aliphatic rings. The number of nitrogens with zero attached hydrogens (tertiary/aromatic N) is 2. The molecule has 0 saturated carbocycles. The summed E-state index contributed by atoms with van der Waals surface area (Å²) in [6.45, 7) is 11.2. The Balaban J connectivity index is 0.00000722. The molecule has 0 amide bonds. The van der Waals surface area contributed by atoms with E-state index in [0.29, 0.717) is 0 Å². The first-order valence-electron chi connectivity index (χ1n) is 15.4. The molecule has 0 bridgehead atoms. The number of aryl methyl sites for hydroxylation is 4. The van der Waals surface area contributed by atoms with E-state index in [4.69, 9.17) is 9.98 Å². The van der Waals surface area contributed by atoms with Gasteiger partial charge >= 0.3 is 0 Å². The van der Waals surface area contributed by atoms with Gasteiger partial charge in [-0.15, -0.1) is 0 Å². The van der Waals surface area contributed by atoms with Gasteiger partial charge in [-0.25, -0.2) is 0 Å². The predicted molar refractivity (Wildman–Crippen MR) is 167 cm³/mol. The second kappa shape index (κ2) is 21.1. The molecule has 2 rings (SSSR count). The van der Waals surface area contributed by atoms with E-state index in [2.05, 4.69) is 71.0 Å². The van der Waals surface area contributed by atoms with E-state index in [1.54, 1.807) is 0 Å². The topological polar surface area (TPSA) is 24.7 Å². The summed E-state index contributed by atoms with van der Waals surface area (Å²) in [5.41, 5.74) is 9.08. The first-order chi connectivity index (χ1) is 18.1. The van der Waals surface area contributed by atoms with Gasteiger partial charge in [0.1, 0.15) is 0 Å². The van der Waals surface area contributed by atoms with Crippen LogP contribution < -0.4 is 0 Å². The van der Waals surface area contributed by atoms with Crippen molar-refractivity contribution in [2.24, 2.45) is 9.98 Å². The zero-order valence-electron chi connectivity index (χ0n) is 25.1. The van der Waals surface area contributed by atoms with Crippen molar-refractivity contribution in [3.8, 4) is 0 Å². The molecule has 0 aromatic heterocycles. The van der Waals surface area contributed by atoms with Crippen molar-refractivity contribution in [3.63, 3.8) is 0 Å². The van der Waals surface area contributed by atoms with Crippen molar-refractivity contribution in [2.75, 3.05) is 0 Å². The normalized spacial score (nSPS) is 11.8. The van der Waals surface area contributed by atoms with Crippen LogP contribution in [-0.2, 0) is 42.2 Å². The molecule has 0 saturated heterocycles. The fraction of sp³-hybridized carbons (Fsp3) is 0.600. The fourth-order valence-corrected chi connectivity index (χ4v) is 4.99. The van der Waals surface area contributed by atoms with Crippen LogP contribution in [0.25, 0.3) is 0 Å². The standard InChI is InChI=1S/C35H54N2.Ni/c1-6-10-14-18-30-22-24-34(26-32(30)20-16-12-8-3)36-28-29(5)37-35-25-23-31(19-15-11-7-2)33(27-35)21-17-13-9-4;/h22-28H,6-21H2,1-5H3;/b36-28+,37-29+;. The summed E-state index contributed by atoms with van der Waals surface area (Å²) in [6, 6.07) is 13.7. The van der Waals surface area contributed by atoms with Gasteiger partial charge in [-0.1, -0.05) is 91.2 Å². The van der Waals surface area contributed by atoms with Crippen LogP contribution in [0.5, 0.6) is 0 Å². The summed E-state index contributed by atoms with van der Waals surface area (Å²) < 4.78 is 0. The molecule has 2 aromatic rings. The van der Waals surface area contributed by atoms with Crippen LogP contribution in [-0.4, -0.2) is 11.9 Å². The van der Waals surface area contributed by atoms with Gasteiger partial charge in [0.05, 0.1) is 17.1 Å². The molecule has 0 aliphatic carbocycles. The molecule has 2 nitrogen and oxygen atoms in total. The molecule has 3 heteroatoms. The van der Waals surface area contributed by atoms with E-state index < -0.39 is 0 Å². The zero-order chi connectivity index (χ0) is 26.7. The van der Waals surface area contributed by atoms with Crippen LogP contribution in [0.4, 0.5) is 11.4 Å². The van der Waals surface area contributed by atoms with Gasteiger partial charge in [-0.3, -0.25) is 9.98 Å². The molecule has 0 unspecified atom stereocenters. The van der Waals surface area contributed by atoms with E-state index in [1.807, 2.05) is 6.21 Å². The van der Waals surface area contributed by atoms with Crippen molar-refractivity contribution in [1.82, 2.24) is 0 Å². The average molecular weight is 562 g/mol. The molecule has 0 heterocycles. The summed E-state index contributed by atoms with van der Waals surface area (Å²) >= 11 is 0. The van der Waals surface area contributed by atoms with Gasteiger partial charge in [0.25, 0.3) is 0 Å². The molecule has 0 spiro atoms. The maximum Gasteiger partial charge on any atom is 0.0636 e. The number of hydrogen-bond donors (Lipinski definition) is 0. The summed E-state index contributed by atoms with van der Waals surface area (Å²) in [7, 11) is 0. The maximum absolute atomic E-state index is 4.92. The summed E-state index contributed by atoms with van der Waals surface area (Å²) in [5.74, 6) is 0. The monoisotopic (exact) mass is 560 g/mol. The van der Waals surface area contributed by atoms with E-state index >= 15 is 0 Å². The summed E-state index contributed by atoms with van der Waals surface area (Å²) in [4.78, 5) is 9.74. The van der Waals surface area contributed by atoms with Crippen LogP contribution in [0.2, 0.25) is 0 Å². The number of unbranched alkanes of at least 4 members (excludes halogenated alkanes) is 8. The van der Waals surface area contributed by atoms with Gasteiger partial charge in [-0.05, 0) is 105 Å². The zero-order valence-corrected chi connectivity index (χ0v) is 26.1. The van der Waals surface area contributed by atoms with Crippen molar-refractivity contribution in [1.29, 1.82) is 0 Å². The molecular weight excluding hydrogens is 507 g/mol. The Labute approximate surface area is 245 Å². The molecule has 0 radical (unpaired) electrons. The first kappa shape index (κ1) is 34.3. The second-order valence-corrected chi connectivity index (χ2v) is 10.7. The summed E-state index contributed by atoms with van der Waals surface area (Å²) in [5, 5.41) is 0. The van der Waals surface area contributed by atoms with Gasteiger partial charge < -0.3 is 0 Å². The molecule has 214 valence electrons. The van der Waals surface area contributed by atoms with Crippen molar-refractivity contribution in [3.05, 3.63) is 58.7 Å². The molecule has 2 aromatic carbocycles. The van der Waals surface area contributed by atoms with Crippen molar-refractivity contribution >= 4 is 23.3 Å². The van der Waals surface area contributed by atoms with Gasteiger partial charge in [0.15, 0.2) is 0 Å². The Bertz CT molecular complexity index is 960. The Morgan fingerprint density at radius 3 is 1.39 bits per heavy atom. The van der Waals surface area contributed by atoms with Crippen molar-refractivity contribution < 1.29 is 16.5 Å². The van der Waals surface area contributed by atoms with Crippen LogP contribution in [0, 0.1) is 0 Å². The minimum absolute atomic E-state index is 0. The van der Waals surface area contributed by atoms with E-state index in [1.165, 1.54) is 112 Å². The van der Waals surface area contributed by atoms with Gasteiger partial charge in [0, 0.05) is 22.7 Å². The van der Waals surface area contributed by atoms with Gasteiger partial charge in [-0.2, -0.15) is 0 Å². The SMILES string of the molecule is CCCCCc1ccc(/N=C/C(C)=N/c2ccc(CCCCC)c(CCCCC)c2)cc1CCCCC.[Ni]. The third-order valence-corrected chi connectivity index (χ3v) is 7.28. The molecule has 38 heavy (non-hydrogen) atoms. The van der Waals surface area contributed by atoms with E-state index in [-0.39, 0.29) is 16.5 Å². The Hall–Kier alpha value is -1.73. The second-order valence-electron chi connectivity index (χ2n) is 10.7. The smallest absolute Gasteiger partial charge is 0.0636 e. The van der Waals surface area contributed by atoms with E-state index in [9.17, 15) is 0 Å². The van der Waals surface area contributed by atoms with Crippen molar-refractivity contribution in [2.45, 2.75) is 137 Å². The first-order valence-corrected chi connectivity index (χ1v) is 15.4. The number of hydrogen-bond acceptors (Lipinski definition) is 2. The number of rotatable bonds is 19. The minimum Gasteiger partial charge on any atom is -0.255 e. The third kappa shape index (κ3) is 13.4. The van der Waals surface area contributed by atoms with Crippen LogP contribution >= 0.6 is 0 Å². The van der Waals surface area contributed by atoms with Crippen LogP contribution in [0.15, 0.2) is 46.4 Å². The molecule has 0 fully saturated rings. The van der Waals surface area contributed by atoms with Crippen LogP contribution in [0.1, 0.15) is 134 Å². The largest absolute Gasteiger partial charge is 0.255 e. The minimum atomic E-state index is 0. The Morgan fingerprint density at radius 1 is 0.553 bits per heavy atom. The number of benzene rings is 2. The average Bonchev–Trinajstić information content (AvgIpc) is 2.90. The fourth-order valence-electron chi connectivity index (χ4n) is 4.99. The maximum atomic E-state index is 4.92. The van der Waals surface area contributed by atoms with Crippen LogP contribution in [0.3, 0.4) is 0 Å². The number of aliphatic imine (C=N–C) groups is 2. The molecule has 0 aliphatic heterocycles. The Morgan fingerprint density at radius 2 is 0.947 bits per heavy atom. The molecule has 0 N–H and O–H groups in total. The predicted octanol–water partition coefficient (Wildman–Crippen LogP) is 11.1. The van der Waals surface area contributed by atoms with E-state index in [0.717, 1.165) is 29.9 Å². The summed E-state index contributed by atoms with van der Waals surface area (Å²) in [6.07, 6.45) is 22.0. The molecule has 0 atom stereocenters. The quantitative estimate of drug-likeness (QED) is 0.0926. The Kier molecular flexibility index (Phi) is 19.1. The van der Waals surface area contributed by atoms with Gasteiger partial charge in [0.2, 0.25) is 0 Å².